The maximum Gasteiger partial charge on any atom is 0.272 e. The Morgan fingerprint density at radius 2 is 1.79 bits per heavy atom. The Labute approximate surface area is 169 Å². The predicted molar refractivity (Wildman–Crippen MR) is 113 cm³/mol. The second-order valence-corrected chi connectivity index (χ2v) is 6.94. The van der Waals surface area contributed by atoms with E-state index in [1.54, 1.807) is 36.8 Å². The van der Waals surface area contributed by atoms with Crippen LogP contribution < -0.4 is 20.3 Å². The summed E-state index contributed by atoms with van der Waals surface area (Å²) >= 11 is 0. The van der Waals surface area contributed by atoms with Crippen molar-refractivity contribution < 1.29 is 14.3 Å². The van der Waals surface area contributed by atoms with Crippen molar-refractivity contribution in [2.24, 2.45) is 0 Å². The summed E-state index contributed by atoms with van der Waals surface area (Å²) in [6, 6.07) is 9.08. The average Bonchev–Trinajstić information content (AvgIpc) is 2.70. The van der Waals surface area contributed by atoms with Gasteiger partial charge in [-0.2, -0.15) is 0 Å². The number of amides is 1. The molecule has 152 valence electrons. The minimum absolute atomic E-state index is 0.139. The Kier molecular flexibility index (Phi) is 5.87. The van der Waals surface area contributed by atoms with Crippen molar-refractivity contribution in [2.45, 2.75) is 33.7 Å². The number of nitrogens with one attached hydrogen (secondary N) is 1. The van der Waals surface area contributed by atoms with Crippen LogP contribution in [-0.4, -0.2) is 29.7 Å². The molecule has 0 spiro atoms. The number of fused-ring (bicyclic) bond motifs is 1. The van der Waals surface area contributed by atoms with Crippen LogP contribution in [0.5, 0.6) is 11.5 Å². The summed E-state index contributed by atoms with van der Waals surface area (Å²) in [6.45, 7) is 5.95. The molecule has 0 radical (unpaired) electrons. The molecule has 2 aromatic carbocycles. The highest BCUT2D eigenvalue weighted by molar-refractivity contribution is 5.92. The summed E-state index contributed by atoms with van der Waals surface area (Å²) in [7, 11) is 3.09. The third kappa shape index (κ3) is 4.23. The zero-order valence-electron chi connectivity index (χ0n) is 17.3. The summed E-state index contributed by atoms with van der Waals surface area (Å²) in [5.74, 6) is 0.925. The SMILES string of the molecule is COc1ccc(NC(=O)CCn2c(=O)c(C)nc3cc(C)c(C)cc32)c(OC)c1. The van der Waals surface area contributed by atoms with Crippen molar-refractivity contribution in [1.29, 1.82) is 0 Å². The van der Waals surface area contributed by atoms with Crippen LogP contribution in [0.2, 0.25) is 0 Å². The standard InChI is InChI=1S/C22H25N3O4/c1-13-10-18-19(11-14(13)2)25(22(27)15(3)23-18)9-8-21(26)24-17-7-6-16(28-4)12-20(17)29-5/h6-7,10-12H,8-9H2,1-5H3,(H,24,26). The maximum absolute atomic E-state index is 12.7. The number of hydrogen-bond acceptors (Lipinski definition) is 5. The number of rotatable bonds is 6. The molecule has 3 aromatic rings. The number of carbonyl (C=O) groups is 1. The van der Waals surface area contributed by atoms with Gasteiger partial charge in [0.25, 0.3) is 5.56 Å². The van der Waals surface area contributed by atoms with E-state index in [0.29, 0.717) is 22.9 Å². The van der Waals surface area contributed by atoms with E-state index < -0.39 is 0 Å². The molecular formula is C22H25N3O4. The predicted octanol–water partition coefficient (Wildman–Crippen LogP) is 3.37. The molecule has 1 aromatic heterocycles. The van der Waals surface area contributed by atoms with Crippen molar-refractivity contribution in [1.82, 2.24) is 9.55 Å². The van der Waals surface area contributed by atoms with Gasteiger partial charge in [0.2, 0.25) is 5.91 Å². The van der Waals surface area contributed by atoms with Gasteiger partial charge in [0.05, 0.1) is 30.9 Å². The van der Waals surface area contributed by atoms with Gasteiger partial charge in [-0.25, -0.2) is 4.98 Å². The topological polar surface area (TPSA) is 82.5 Å². The average molecular weight is 395 g/mol. The summed E-state index contributed by atoms with van der Waals surface area (Å²) in [5, 5.41) is 2.84. The number of benzene rings is 2. The Hall–Kier alpha value is -3.35. The molecule has 29 heavy (non-hydrogen) atoms. The van der Waals surface area contributed by atoms with Crippen LogP contribution >= 0.6 is 0 Å². The fourth-order valence-electron chi connectivity index (χ4n) is 3.17. The van der Waals surface area contributed by atoms with Crippen LogP contribution in [0.3, 0.4) is 0 Å². The van der Waals surface area contributed by atoms with Gasteiger partial charge in [-0.1, -0.05) is 0 Å². The van der Waals surface area contributed by atoms with Crippen molar-refractivity contribution in [3.63, 3.8) is 0 Å². The minimum Gasteiger partial charge on any atom is -0.497 e. The molecule has 7 nitrogen and oxygen atoms in total. The Balaban J connectivity index is 1.84. The largest absolute Gasteiger partial charge is 0.497 e. The smallest absolute Gasteiger partial charge is 0.272 e. The zero-order chi connectivity index (χ0) is 21.1. The third-order valence-corrected chi connectivity index (χ3v) is 4.97. The maximum atomic E-state index is 12.7. The van der Waals surface area contributed by atoms with E-state index >= 15 is 0 Å². The van der Waals surface area contributed by atoms with Gasteiger partial charge in [0, 0.05) is 19.0 Å². The molecular weight excluding hydrogens is 370 g/mol. The first kappa shape index (κ1) is 20.4. The summed E-state index contributed by atoms with van der Waals surface area (Å²) in [4.78, 5) is 29.6. The molecule has 1 N–H and O–H groups in total. The molecule has 0 aliphatic heterocycles. The van der Waals surface area contributed by atoms with Crippen molar-refractivity contribution in [3.8, 4) is 11.5 Å². The third-order valence-electron chi connectivity index (χ3n) is 4.97. The van der Waals surface area contributed by atoms with Crippen LogP contribution in [0.25, 0.3) is 11.0 Å². The van der Waals surface area contributed by atoms with Gasteiger partial charge in [0.15, 0.2) is 0 Å². The number of nitrogens with zero attached hydrogens (tertiary/aromatic N) is 2. The normalized spacial score (nSPS) is 10.8. The van der Waals surface area contributed by atoms with E-state index in [4.69, 9.17) is 9.47 Å². The molecule has 1 amide bonds. The van der Waals surface area contributed by atoms with E-state index in [-0.39, 0.29) is 24.4 Å². The molecule has 1 heterocycles. The van der Waals surface area contributed by atoms with E-state index in [1.165, 1.54) is 7.11 Å². The lowest BCUT2D eigenvalue weighted by Gasteiger charge is -2.14. The van der Waals surface area contributed by atoms with Gasteiger partial charge in [0.1, 0.15) is 17.2 Å². The lowest BCUT2D eigenvalue weighted by atomic mass is 10.1. The molecule has 0 aliphatic rings. The lowest BCUT2D eigenvalue weighted by Crippen LogP contribution is -2.26. The van der Waals surface area contributed by atoms with E-state index in [9.17, 15) is 9.59 Å². The van der Waals surface area contributed by atoms with Gasteiger partial charge in [-0.15, -0.1) is 0 Å². The number of aryl methyl sites for hydroxylation is 4. The minimum atomic E-state index is -0.216. The quantitative estimate of drug-likeness (QED) is 0.692. The molecule has 7 heteroatoms. The highest BCUT2D eigenvalue weighted by Crippen LogP contribution is 2.29. The van der Waals surface area contributed by atoms with Crippen molar-refractivity contribution >= 4 is 22.6 Å². The fourth-order valence-corrected chi connectivity index (χ4v) is 3.17. The zero-order valence-corrected chi connectivity index (χ0v) is 17.3. The summed E-state index contributed by atoms with van der Waals surface area (Å²) in [5.41, 5.74) is 4.45. The van der Waals surface area contributed by atoms with Gasteiger partial charge in [-0.3, -0.25) is 9.59 Å². The first-order chi connectivity index (χ1) is 13.8. The van der Waals surface area contributed by atoms with Crippen molar-refractivity contribution in [2.75, 3.05) is 19.5 Å². The lowest BCUT2D eigenvalue weighted by molar-refractivity contribution is -0.116. The summed E-state index contributed by atoms with van der Waals surface area (Å²) < 4.78 is 12.1. The number of aromatic nitrogens is 2. The highest BCUT2D eigenvalue weighted by atomic mass is 16.5. The van der Waals surface area contributed by atoms with E-state index in [2.05, 4.69) is 10.3 Å². The van der Waals surface area contributed by atoms with Crippen molar-refractivity contribution in [3.05, 3.63) is 57.5 Å². The number of ether oxygens (including phenoxy) is 2. The molecule has 0 aliphatic carbocycles. The van der Waals surface area contributed by atoms with Crippen LogP contribution in [0.4, 0.5) is 5.69 Å². The first-order valence-electron chi connectivity index (χ1n) is 9.34. The number of methoxy groups -OCH3 is 2. The van der Waals surface area contributed by atoms with Crippen LogP contribution in [-0.2, 0) is 11.3 Å². The molecule has 3 rings (SSSR count). The Morgan fingerprint density at radius 1 is 1.07 bits per heavy atom. The van der Waals surface area contributed by atoms with Crippen LogP contribution in [0.15, 0.2) is 35.1 Å². The number of carbonyl (C=O) groups excluding carboxylic acids is 1. The second-order valence-electron chi connectivity index (χ2n) is 6.94. The molecule has 0 atom stereocenters. The molecule has 0 saturated carbocycles. The van der Waals surface area contributed by atoms with Gasteiger partial charge < -0.3 is 19.4 Å². The van der Waals surface area contributed by atoms with Crippen LogP contribution in [0.1, 0.15) is 23.2 Å². The number of hydrogen-bond donors (Lipinski definition) is 1. The Morgan fingerprint density at radius 3 is 2.48 bits per heavy atom. The summed E-state index contributed by atoms with van der Waals surface area (Å²) in [6.07, 6.45) is 0.139. The van der Waals surface area contributed by atoms with Gasteiger partial charge in [-0.05, 0) is 56.2 Å². The van der Waals surface area contributed by atoms with E-state index in [0.717, 1.165) is 22.2 Å². The highest BCUT2D eigenvalue weighted by Gasteiger charge is 2.13. The fraction of sp³-hybridized carbons (Fsp3) is 0.318. The number of anilines is 1. The molecule has 0 bridgehead atoms. The van der Waals surface area contributed by atoms with Gasteiger partial charge >= 0.3 is 0 Å². The molecule has 0 unspecified atom stereocenters. The molecule has 0 fully saturated rings. The first-order valence-corrected chi connectivity index (χ1v) is 9.34. The monoisotopic (exact) mass is 395 g/mol. The molecule has 0 saturated heterocycles. The second kappa shape index (κ2) is 8.34. The van der Waals surface area contributed by atoms with E-state index in [1.807, 2.05) is 26.0 Å². The Bertz CT molecular complexity index is 1140. The van der Waals surface area contributed by atoms with Crippen LogP contribution in [0, 0.1) is 20.8 Å².